The molecule has 0 saturated carbocycles. The minimum atomic E-state index is -0.485. The zero-order valence-corrected chi connectivity index (χ0v) is 10.4. The fourth-order valence-electron chi connectivity index (χ4n) is 1.79. The van der Waals surface area contributed by atoms with Crippen LogP contribution in [-0.2, 0) is 11.2 Å². The van der Waals surface area contributed by atoms with Crippen LogP contribution in [0, 0.1) is 0 Å². The molecule has 2 rings (SSSR count). The Morgan fingerprint density at radius 3 is 2.82 bits per heavy atom. The van der Waals surface area contributed by atoms with Gasteiger partial charge in [0, 0.05) is 13.0 Å². The molecule has 1 aliphatic heterocycles. The number of nitrogens with zero attached hydrogens (tertiary/aromatic N) is 2. The van der Waals surface area contributed by atoms with Crippen molar-refractivity contribution in [2.45, 2.75) is 32.8 Å². The van der Waals surface area contributed by atoms with Crippen molar-refractivity contribution in [3.05, 3.63) is 17.8 Å². The Kier molecular flexibility index (Phi) is 2.69. The van der Waals surface area contributed by atoms with E-state index >= 15 is 0 Å². The second-order valence-electron chi connectivity index (χ2n) is 5.08. The molecular weight excluding hydrogens is 218 g/mol. The summed E-state index contributed by atoms with van der Waals surface area (Å²) in [5.74, 6) is 0.481. The number of anilines is 2. The number of amides is 1. The van der Waals surface area contributed by atoms with Crippen LogP contribution in [0.3, 0.4) is 0 Å². The van der Waals surface area contributed by atoms with E-state index in [2.05, 4.69) is 4.98 Å². The molecule has 17 heavy (non-hydrogen) atoms. The Balaban J connectivity index is 2.20. The minimum Gasteiger partial charge on any atom is -0.443 e. The van der Waals surface area contributed by atoms with Gasteiger partial charge < -0.3 is 10.5 Å². The number of fused-ring (bicyclic) bond motifs is 1. The number of hydrogen-bond donors (Lipinski definition) is 1. The third kappa shape index (κ3) is 2.49. The third-order valence-electron chi connectivity index (χ3n) is 2.45. The fraction of sp³-hybridized carbons (Fsp3) is 0.500. The molecular formula is C12H17N3O2. The van der Waals surface area contributed by atoms with Crippen molar-refractivity contribution >= 4 is 17.6 Å². The van der Waals surface area contributed by atoms with Crippen molar-refractivity contribution < 1.29 is 9.53 Å². The average Bonchev–Trinajstić information content (AvgIpc) is 2.57. The maximum absolute atomic E-state index is 12.0. The van der Waals surface area contributed by atoms with E-state index in [0.717, 1.165) is 17.8 Å². The summed E-state index contributed by atoms with van der Waals surface area (Å²) in [5.41, 5.74) is 6.78. The number of rotatable bonds is 0. The normalized spacial score (nSPS) is 14.6. The van der Waals surface area contributed by atoms with E-state index in [1.165, 1.54) is 0 Å². The predicted molar refractivity (Wildman–Crippen MR) is 65.9 cm³/mol. The summed E-state index contributed by atoms with van der Waals surface area (Å²) < 4.78 is 5.34. The summed E-state index contributed by atoms with van der Waals surface area (Å²) in [5, 5.41) is 0. The summed E-state index contributed by atoms with van der Waals surface area (Å²) in [6.45, 7) is 6.15. The van der Waals surface area contributed by atoms with E-state index in [1.54, 1.807) is 11.0 Å². The summed E-state index contributed by atoms with van der Waals surface area (Å²) >= 11 is 0. The number of ether oxygens (including phenoxy) is 1. The van der Waals surface area contributed by atoms with Gasteiger partial charge in [0.1, 0.15) is 11.4 Å². The van der Waals surface area contributed by atoms with E-state index < -0.39 is 5.60 Å². The summed E-state index contributed by atoms with van der Waals surface area (Å²) in [6, 6.07) is 3.51. The molecule has 0 saturated heterocycles. The van der Waals surface area contributed by atoms with Crippen LogP contribution in [0.2, 0.25) is 0 Å². The minimum absolute atomic E-state index is 0.331. The molecule has 0 spiro atoms. The number of carbonyl (C=O) groups excluding carboxylic acids is 1. The molecule has 0 bridgehead atoms. The monoisotopic (exact) mass is 235 g/mol. The van der Waals surface area contributed by atoms with Gasteiger partial charge in [0.05, 0.1) is 11.4 Å². The second kappa shape index (κ2) is 3.91. The quantitative estimate of drug-likeness (QED) is 0.746. The lowest BCUT2D eigenvalue weighted by Crippen LogP contribution is -2.35. The molecule has 2 N–H and O–H groups in total. The van der Waals surface area contributed by atoms with Gasteiger partial charge in [-0.15, -0.1) is 0 Å². The number of nitrogens with two attached hydrogens (primary N) is 1. The van der Waals surface area contributed by atoms with Crippen LogP contribution in [0.5, 0.6) is 0 Å². The maximum Gasteiger partial charge on any atom is 0.414 e. The van der Waals surface area contributed by atoms with Crippen molar-refractivity contribution in [2.75, 3.05) is 17.2 Å². The number of hydrogen-bond acceptors (Lipinski definition) is 4. The van der Waals surface area contributed by atoms with E-state index in [0.29, 0.717) is 12.4 Å². The first-order chi connectivity index (χ1) is 7.87. The summed E-state index contributed by atoms with van der Waals surface area (Å²) in [4.78, 5) is 17.8. The number of carbonyl (C=O) groups is 1. The van der Waals surface area contributed by atoms with E-state index in [4.69, 9.17) is 10.5 Å². The maximum atomic E-state index is 12.0. The Morgan fingerprint density at radius 2 is 2.18 bits per heavy atom. The fourth-order valence-corrected chi connectivity index (χ4v) is 1.79. The molecule has 5 heteroatoms. The molecule has 1 amide bonds. The third-order valence-corrected chi connectivity index (χ3v) is 2.45. The van der Waals surface area contributed by atoms with Gasteiger partial charge in [0.15, 0.2) is 0 Å². The standard InChI is InChI=1S/C12H17N3O2/c1-12(2,3)17-11(16)15-7-6-8-9(15)4-5-10(13)14-8/h4-5H,6-7H2,1-3H3,(H2,13,14). The molecule has 0 atom stereocenters. The average molecular weight is 235 g/mol. The van der Waals surface area contributed by atoms with Crippen molar-refractivity contribution in [3.8, 4) is 0 Å². The molecule has 1 aliphatic rings. The molecule has 0 fully saturated rings. The first kappa shape index (κ1) is 11.7. The zero-order valence-electron chi connectivity index (χ0n) is 10.4. The van der Waals surface area contributed by atoms with Crippen molar-refractivity contribution in [1.29, 1.82) is 0 Å². The van der Waals surface area contributed by atoms with Crippen LogP contribution in [0.1, 0.15) is 26.5 Å². The first-order valence-corrected chi connectivity index (χ1v) is 5.63. The van der Waals surface area contributed by atoms with Crippen LogP contribution >= 0.6 is 0 Å². The van der Waals surface area contributed by atoms with Crippen LogP contribution < -0.4 is 10.6 Å². The molecule has 0 aliphatic carbocycles. The van der Waals surface area contributed by atoms with Gasteiger partial charge in [-0.1, -0.05) is 0 Å². The highest BCUT2D eigenvalue weighted by atomic mass is 16.6. The van der Waals surface area contributed by atoms with Crippen LogP contribution in [0.25, 0.3) is 0 Å². The van der Waals surface area contributed by atoms with Gasteiger partial charge in [0.25, 0.3) is 0 Å². The molecule has 92 valence electrons. The Hall–Kier alpha value is -1.78. The SMILES string of the molecule is CC(C)(C)OC(=O)N1CCc2nc(N)ccc21. The second-order valence-corrected chi connectivity index (χ2v) is 5.08. The molecule has 5 nitrogen and oxygen atoms in total. The molecule has 0 unspecified atom stereocenters. The van der Waals surface area contributed by atoms with Crippen molar-refractivity contribution in [2.24, 2.45) is 0 Å². The van der Waals surface area contributed by atoms with Gasteiger partial charge in [0.2, 0.25) is 0 Å². The first-order valence-electron chi connectivity index (χ1n) is 5.63. The molecule has 1 aromatic heterocycles. The van der Waals surface area contributed by atoms with Crippen molar-refractivity contribution in [1.82, 2.24) is 4.98 Å². The Bertz CT molecular complexity index is 452. The van der Waals surface area contributed by atoms with Crippen LogP contribution in [0.15, 0.2) is 12.1 Å². The highest BCUT2D eigenvalue weighted by molar-refractivity contribution is 5.90. The zero-order chi connectivity index (χ0) is 12.6. The lowest BCUT2D eigenvalue weighted by Gasteiger charge is -2.24. The Morgan fingerprint density at radius 1 is 1.47 bits per heavy atom. The highest BCUT2D eigenvalue weighted by Gasteiger charge is 2.29. The summed E-state index contributed by atoms with van der Waals surface area (Å²) in [7, 11) is 0. The van der Waals surface area contributed by atoms with E-state index in [9.17, 15) is 4.79 Å². The van der Waals surface area contributed by atoms with E-state index in [-0.39, 0.29) is 6.09 Å². The molecule has 0 radical (unpaired) electrons. The molecule has 2 heterocycles. The van der Waals surface area contributed by atoms with Crippen molar-refractivity contribution in [3.63, 3.8) is 0 Å². The smallest absolute Gasteiger partial charge is 0.414 e. The van der Waals surface area contributed by atoms with Gasteiger partial charge >= 0.3 is 6.09 Å². The molecule has 0 aromatic carbocycles. The lowest BCUT2D eigenvalue weighted by atomic mass is 10.2. The summed E-state index contributed by atoms with van der Waals surface area (Å²) in [6.07, 6.45) is 0.391. The number of pyridine rings is 1. The number of aromatic nitrogens is 1. The van der Waals surface area contributed by atoms with Crippen LogP contribution in [0.4, 0.5) is 16.3 Å². The largest absolute Gasteiger partial charge is 0.443 e. The predicted octanol–water partition coefficient (Wildman–Crippen LogP) is 1.96. The van der Waals surface area contributed by atoms with Crippen LogP contribution in [-0.4, -0.2) is 23.2 Å². The lowest BCUT2D eigenvalue weighted by molar-refractivity contribution is 0.0584. The Labute approximate surface area is 101 Å². The van der Waals surface area contributed by atoms with Gasteiger partial charge in [-0.05, 0) is 32.9 Å². The van der Waals surface area contributed by atoms with Gasteiger partial charge in [-0.3, -0.25) is 4.90 Å². The molecule has 1 aromatic rings. The van der Waals surface area contributed by atoms with Gasteiger partial charge in [-0.2, -0.15) is 0 Å². The van der Waals surface area contributed by atoms with E-state index in [1.807, 2.05) is 26.8 Å². The topological polar surface area (TPSA) is 68.5 Å². The van der Waals surface area contributed by atoms with Gasteiger partial charge in [-0.25, -0.2) is 9.78 Å². The highest BCUT2D eigenvalue weighted by Crippen LogP contribution is 2.28. The number of nitrogen functional groups attached to an aromatic ring is 1.